The smallest absolute Gasteiger partial charge is 0.214 e. The zero-order valence-corrected chi connectivity index (χ0v) is 9.24. The van der Waals surface area contributed by atoms with Crippen LogP contribution in [0.4, 0.5) is 0 Å². The van der Waals surface area contributed by atoms with Crippen molar-refractivity contribution in [3.05, 3.63) is 41.3 Å². The van der Waals surface area contributed by atoms with Gasteiger partial charge in [0.1, 0.15) is 0 Å². The number of rotatable bonds is 2. The number of benzene rings is 1. The van der Waals surface area contributed by atoms with E-state index in [1.807, 2.05) is 41.8 Å². The lowest BCUT2D eigenvalue weighted by molar-refractivity contribution is 0.441. The van der Waals surface area contributed by atoms with Crippen LogP contribution in [-0.2, 0) is 6.54 Å². The summed E-state index contributed by atoms with van der Waals surface area (Å²) in [7, 11) is 0. The maximum absolute atomic E-state index is 9.77. The van der Waals surface area contributed by atoms with Crippen LogP contribution >= 0.6 is 12.2 Å². The molecule has 0 fully saturated rings. The lowest BCUT2D eigenvalue weighted by atomic mass is 10.3. The van der Waals surface area contributed by atoms with Gasteiger partial charge in [0.15, 0.2) is 4.77 Å². The predicted octanol–water partition coefficient (Wildman–Crippen LogP) is 2.73. The van der Waals surface area contributed by atoms with E-state index in [1.165, 1.54) is 0 Å². The summed E-state index contributed by atoms with van der Waals surface area (Å²) in [5.74, 6) is 0.174. The number of hydrogen-bond acceptors (Lipinski definition) is 2. The molecule has 0 spiro atoms. The average Bonchev–Trinajstić information content (AvgIpc) is 2.55. The van der Waals surface area contributed by atoms with E-state index in [-0.39, 0.29) is 5.88 Å². The Hall–Kier alpha value is -1.55. The van der Waals surface area contributed by atoms with Crippen LogP contribution in [0.5, 0.6) is 5.88 Å². The number of para-hydroxylation sites is 1. The lowest BCUT2D eigenvalue weighted by Crippen LogP contribution is -1.97. The molecule has 4 heteroatoms. The Balaban J connectivity index is 2.64. The summed E-state index contributed by atoms with van der Waals surface area (Å²) in [6.07, 6.45) is 1.65. The first kappa shape index (κ1) is 9.98. The molecule has 78 valence electrons. The molecule has 15 heavy (non-hydrogen) atoms. The number of aromatic nitrogens is 2. The molecule has 0 aliphatic heterocycles. The van der Waals surface area contributed by atoms with E-state index in [0.717, 1.165) is 12.2 Å². The molecule has 2 rings (SSSR count). The Morgan fingerprint density at radius 3 is 2.47 bits per heavy atom. The van der Waals surface area contributed by atoms with Gasteiger partial charge in [-0.15, -0.1) is 0 Å². The largest absolute Gasteiger partial charge is 0.493 e. The third-order valence-electron chi connectivity index (χ3n) is 2.29. The SMILES string of the molecule is CCn1cc(O)n(-c2ccccc2)c1=S. The van der Waals surface area contributed by atoms with Crippen molar-refractivity contribution in [3.63, 3.8) is 0 Å². The van der Waals surface area contributed by atoms with Gasteiger partial charge in [-0.25, -0.2) is 0 Å². The number of aryl methyl sites for hydroxylation is 1. The molecule has 0 atom stereocenters. The summed E-state index contributed by atoms with van der Waals surface area (Å²) in [6, 6.07) is 9.59. The van der Waals surface area contributed by atoms with Crippen LogP contribution in [0.1, 0.15) is 6.92 Å². The third-order valence-corrected chi connectivity index (χ3v) is 2.71. The molecule has 0 radical (unpaired) electrons. The van der Waals surface area contributed by atoms with E-state index < -0.39 is 0 Å². The van der Waals surface area contributed by atoms with Crippen LogP contribution in [-0.4, -0.2) is 14.2 Å². The topological polar surface area (TPSA) is 30.1 Å². The van der Waals surface area contributed by atoms with E-state index >= 15 is 0 Å². The van der Waals surface area contributed by atoms with E-state index in [1.54, 1.807) is 10.8 Å². The molecule has 2 aromatic rings. The van der Waals surface area contributed by atoms with E-state index in [9.17, 15) is 5.11 Å². The molecule has 0 bridgehead atoms. The van der Waals surface area contributed by atoms with Crippen molar-refractivity contribution >= 4 is 12.2 Å². The van der Waals surface area contributed by atoms with Crippen molar-refractivity contribution < 1.29 is 5.11 Å². The molecule has 1 aromatic carbocycles. The van der Waals surface area contributed by atoms with Crippen LogP contribution in [0.25, 0.3) is 5.69 Å². The molecule has 0 saturated carbocycles. The van der Waals surface area contributed by atoms with Crippen LogP contribution in [0.15, 0.2) is 36.5 Å². The predicted molar refractivity (Wildman–Crippen MR) is 61.9 cm³/mol. The van der Waals surface area contributed by atoms with Crippen LogP contribution in [0.2, 0.25) is 0 Å². The van der Waals surface area contributed by atoms with Gasteiger partial charge in [-0.3, -0.25) is 4.57 Å². The maximum atomic E-state index is 9.77. The van der Waals surface area contributed by atoms with Crippen LogP contribution < -0.4 is 0 Å². The Kier molecular flexibility index (Phi) is 2.60. The molecule has 0 aliphatic carbocycles. The molecule has 1 N–H and O–H groups in total. The Labute approximate surface area is 93.2 Å². The standard InChI is InChI=1S/C11H12N2OS/c1-2-12-8-10(14)13(11(12)15)9-6-4-3-5-7-9/h3-8,14H,2H2,1H3. The normalized spacial score (nSPS) is 10.5. The first-order valence-corrected chi connectivity index (χ1v) is 5.21. The first-order chi connectivity index (χ1) is 7.24. The summed E-state index contributed by atoms with van der Waals surface area (Å²) in [6.45, 7) is 2.75. The van der Waals surface area contributed by atoms with Crippen molar-refractivity contribution in [2.75, 3.05) is 0 Å². The zero-order valence-electron chi connectivity index (χ0n) is 8.42. The van der Waals surface area contributed by atoms with E-state index in [2.05, 4.69) is 0 Å². The lowest BCUT2D eigenvalue weighted by Gasteiger charge is -2.03. The highest BCUT2D eigenvalue weighted by Gasteiger charge is 2.07. The van der Waals surface area contributed by atoms with Gasteiger partial charge in [-0.05, 0) is 31.3 Å². The molecular weight excluding hydrogens is 208 g/mol. The fraction of sp³-hybridized carbons (Fsp3) is 0.182. The van der Waals surface area contributed by atoms with Crippen molar-refractivity contribution in [1.82, 2.24) is 9.13 Å². The van der Waals surface area contributed by atoms with E-state index in [0.29, 0.717) is 4.77 Å². The Morgan fingerprint density at radius 2 is 1.93 bits per heavy atom. The molecule has 0 aliphatic rings. The van der Waals surface area contributed by atoms with Gasteiger partial charge in [0.25, 0.3) is 0 Å². The molecule has 1 heterocycles. The van der Waals surface area contributed by atoms with Crippen molar-refractivity contribution in [2.45, 2.75) is 13.5 Å². The van der Waals surface area contributed by atoms with Gasteiger partial charge >= 0.3 is 0 Å². The van der Waals surface area contributed by atoms with E-state index in [4.69, 9.17) is 12.2 Å². The minimum absolute atomic E-state index is 0.174. The van der Waals surface area contributed by atoms with Gasteiger partial charge < -0.3 is 9.67 Å². The van der Waals surface area contributed by atoms with Gasteiger partial charge in [0.05, 0.1) is 11.9 Å². The maximum Gasteiger partial charge on any atom is 0.214 e. The molecule has 3 nitrogen and oxygen atoms in total. The number of aromatic hydroxyl groups is 1. The molecular formula is C11H12N2OS. The fourth-order valence-electron chi connectivity index (χ4n) is 1.53. The van der Waals surface area contributed by atoms with Crippen LogP contribution in [0, 0.1) is 4.77 Å². The summed E-state index contributed by atoms with van der Waals surface area (Å²) < 4.78 is 4.09. The second-order valence-electron chi connectivity index (χ2n) is 3.23. The Morgan fingerprint density at radius 1 is 1.27 bits per heavy atom. The van der Waals surface area contributed by atoms with Crippen molar-refractivity contribution in [3.8, 4) is 11.6 Å². The number of nitrogens with zero attached hydrogens (tertiary/aromatic N) is 2. The van der Waals surface area contributed by atoms with Crippen LogP contribution in [0.3, 0.4) is 0 Å². The second-order valence-corrected chi connectivity index (χ2v) is 3.59. The molecule has 1 aromatic heterocycles. The average molecular weight is 220 g/mol. The summed E-state index contributed by atoms with van der Waals surface area (Å²) in [4.78, 5) is 0. The third kappa shape index (κ3) is 1.68. The minimum Gasteiger partial charge on any atom is -0.493 e. The summed E-state index contributed by atoms with van der Waals surface area (Å²) >= 11 is 5.26. The second kappa shape index (κ2) is 3.90. The number of imidazole rings is 1. The van der Waals surface area contributed by atoms with Gasteiger partial charge in [0, 0.05) is 6.54 Å². The van der Waals surface area contributed by atoms with Gasteiger partial charge in [-0.1, -0.05) is 18.2 Å². The molecule has 0 unspecified atom stereocenters. The highest BCUT2D eigenvalue weighted by Crippen LogP contribution is 2.19. The van der Waals surface area contributed by atoms with Crippen molar-refractivity contribution in [2.24, 2.45) is 0 Å². The van der Waals surface area contributed by atoms with Gasteiger partial charge in [-0.2, -0.15) is 0 Å². The number of hydrogen-bond donors (Lipinski definition) is 1. The quantitative estimate of drug-likeness (QED) is 0.789. The highest BCUT2D eigenvalue weighted by molar-refractivity contribution is 7.71. The summed E-state index contributed by atoms with van der Waals surface area (Å²) in [5.41, 5.74) is 0.882. The molecule has 0 amide bonds. The summed E-state index contributed by atoms with van der Waals surface area (Å²) in [5, 5.41) is 9.77. The van der Waals surface area contributed by atoms with Crippen molar-refractivity contribution in [1.29, 1.82) is 0 Å². The zero-order chi connectivity index (χ0) is 10.8. The minimum atomic E-state index is 0.174. The highest BCUT2D eigenvalue weighted by atomic mass is 32.1. The van der Waals surface area contributed by atoms with Gasteiger partial charge in [0.2, 0.25) is 5.88 Å². The molecule has 0 saturated heterocycles. The fourth-order valence-corrected chi connectivity index (χ4v) is 1.91. The first-order valence-electron chi connectivity index (χ1n) is 4.80. The Bertz CT molecular complexity index is 513. The monoisotopic (exact) mass is 220 g/mol.